The van der Waals surface area contributed by atoms with Gasteiger partial charge in [-0.25, -0.2) is 0 Å². The fourth-order valence-electron chi connectivity index (χ4n) is 4.53. The Balaban J connectivity index is 1.38. The van der Waals surface area contributed by atoms with Gasteiger partial charge in [0.15, 0.2) is 12.4 Å². The van der Waals surface area contributed by atoms with Crippen LogP contribution in [0.1, 0.15) is 62.2 Å². The third-order valence-electron chi connectivity index (χ3n) is 5.95. The van der Waals surface area contributed by atoms with Crippen LogP contribution >= 0.6 is 0 Å². The molecule has 7 nitrogen and oxygen atoms in total. The molecule has 1 aliphatic carbocycles. The Labute approximate surface area is 169 Å². The van der Waals surface area contributed by atoms with Crippen LogP contribution in [0.15, 0.2) is 28.8 Å². The molecule has 2 aliphatic rings. The van der Waals surface area contributed by atoms with E-state index < -0.39 is 5.60 Å². The molecule has 1 aliphatic heterocycles. The first kappa shape index (κ1) is 19.6. The van der Waals surface area contributed by atoms with E-state index in [9.17, 15) is 9.59 Å². The minimum atomic E-state index is -0.631. The van der Waals surface area contributed by atoms with Gasteiger partial charge in [-0.05, 0) is 56.2 Å². The topological polar surface area (TPSA) is 91.5 Å². The summed E-state index contributed by atoms with van der Waals surface area (Å²) in [6, 6.07) is 7.81. The second-order valence-electron chi connectivity index (χ2n) is 8.08. The number of esters is 1. The second kappa shape index (κ2) is 8.35. The molecule has 2 aromatic rings. The van der Waals surface area contributed by atoms with Crippen LogP contribution < -0.4 is 4.74 Å². The molecule has 1 aromatic heterocycles. The molecule has 29 heavy (non-hydrogen) atoms. The first-order valence-corrected chi connectivity index (χ1v) is 10.3. The number of Topliss-reactive ketones (excluding diaryl/α,β-unsaturated/α-hetero) is 1. The molecule has 0 radical (unpaired) electrons. The number of aryl methyl sites for hydroxylation is 2. The van der Waals surface area contributed by atoms with Crippen LogP contribution in [0, 0.1) is 12.8 Å². The smallest absolute Gasteiger partial charge is 0.313 e. The predicted molar refractivity (Wildman–Crippen MR) is 103 cm³/mol. The fourth-order valence-corrected chi connectivity index (χ4v) is 4.53. The Bertz CT molecular complexity index is 852. The van der Waals surface area contributed by atoms with E-state index in [0.717, 1.165) is 43.4 Å². The number of nitrogens with zero attached hydrogens (tertiary/aromatic N) is 2. The van der Waals surface area contributed by atoms with Crippen LogP contribution in [0.3, 0.4) is 0 Å². The summed E-state index contributed by atoms with van der Waals surface area (Å²) in [4.78, 5) is 28.3. The van der Waals surface area contributed by atoms with Gasteiger partial charge in [-0.3, -0.25) is 9.59 Å². The molecule has 7 heteroatoms. The van der Waals surface area contributed by atoms with E-state index in [1.165, 1.54) is 0 Å². The van der Waals surface area contributed by atoms with E-state index >= 15 is 0 Å². The van der Waals surface area contributed by atoms with Crippen molar-refractivity contribution in [1.29, 1.82) is 0 Å². The van der Waals surface area contributed by atoms with Crippen molar-refractivity contribution in [3.05, 3.63) is 41.5 Å². The highest BCUT2D eigenvalue weighted by atomic mass is 16.6. The largest absolute Gasteiger partial charge is 0.484 e. The molecule has 1 saturated carbocycles. The molecule has 154 valence electrons. The van der Waals surface area contributed by atoms with E-state index in [2.05, 4.69) is 10.1 Å². The number of aromatic nitrogens is 2. The van der Waals surface area contributed by atoms with Gasteiger partial charge in [-0.1, -0.05) is 30.1 Å². The molecule has 0 bridgehead atoms. The van der Waals surface area contributed by atoms with E-state index in [1.807, 2.05) is 24.3 Å². The molecular weight excluding hydrogens is 372 g/mol. The zero-order valence-corrected chi connectivity index (χ0v) is 16.7. The Morgan fingerprint density at radius 3 is 2.59 bits per heavy atom. The van der Waals surface area contributed by atoms with E-state index in [4.69, 9.17) is 14.0 Å². The van der Waals surface area contributed by atoms with Gasteiger partial charge < -0.3 is 14.0 Å². The highest BCUT2D eigenvalue weighted by Gasteiger charge is 2.47. The fraction of sp³-hybridized carbons (Fsp3) is 0.545. The molecule has 1 unspecified atom stereocenters. The SMILES string of the molecule is Cc1noc(COc2ccc(CCC3(C4CCCC4)CC(=O)CC(=O)O3)cc2)n1. The van der Waals surface area contributed by atoms with Crippen LogP contribution in [-0.2, 0) is 27.4 Å². The number of carbonyl (C=O) groups excluding carboxylic acids is 2. The van der Waals surface area contributed by atoms with Gasteiger partial charge in [0.2, 0.25) is 0 Å². The van der Waals surface area contributed by atoms with Crippen LogP contribution in [0.2, 0.25) is 0 Å². The molecule has 0 amide bonds. The normalized spacial score (nSPS) is 22.7. The van der Waals surface area contributed by atoms with Crippen LogP contribution in [0.25, 0.3) is 0 Å². The lowest BCUT2D eigenvalue weighted by Crippen LogP contribution is -2.48. The standard InChI is InChI=1S/C22H26N2O5/c1-15-23-20(29-24-15)14-27-19-8-6-16(7-9-19)10-11-22(17-4-2-3-5-17)13-18(25)12-21(26)28-22/h6-9,17H,2-5,10-14H2,1H3. The maximum Gasteiger partial charge on any atom is 0.313 e. The third-order valence-corrected chi connectivity index (χ3v) is 5.95. The van der Waals surface area contributed by atoms with Crippen molar-refractivity contribution in [1.82, 2.24) is 10.1 Å². The Morgan fingerprint density at radius 1 is 1.17 bits per heavy atom. The third kappa shape index (κ3) is 4.66. The molecule has 4 rings (SSSR count). The van der Waals surface area contributed by atoms with Crippen molar-refractivity contribution in [2.45, 2.75) is 70.5 Å². The maximum atomic E-state index is 12.2. The number of carbonyl (C=O) groups is 2. The lowest BCUT2D eigenvalue weighted by Gasteiger charge is -2.41. The van der Waals surface area contributed by atoms with Gasteiger partial charge >= 0.3 is 5.97 Å². The van der Waals surface area contributed by atoms with Crippen LogP contribution in [0.5, 0.6) is 5.75 Å². The van der Waals surface area contributed by atoms with Crippen molar-refractivity contribution in [2.24, 2.45) is 5.92 Å². The summed E-state index contributed by atoms with van der Waals surface area (Å²) in [5.74, 6) is 1.66. The molecule has 1 aromatic carbocycles. The van der Waals surface area contributed by atoms with E-state index in [1.54, 1.807) is 6.92 Å². The first-order chi connectivity index (χ1) is 14.0. The van der Waals surface area contributed by atoms with Gasteiger partial charge in [0.05, 0.1) is 0 Å². The van der Waals surface area contributed by atoms with Crippen molar-refractivity contribution < 1.29 is 23.6 Å². The molecular formula is C22H26N2O5. The Morgan fingerprint density at radius 2 is 1.93 bits per heavy atom. The summed E-state index contributed by atoms with van der Waals surface area (Å²) in [5.41, 5.74) is 0.492. The van der Waals surface area contributed by atoms with Gasteiger partial charge in [0, 0.05) is 6.42 Å². The number of hydrogen-bond donors (Lipinski definition) is 0. The summed E-state index contributed by atoms with van der Waals surface area (Å²) >= 11 is 0. The first-order valence-electron chi connectivity index (χ1n) is 10.3. The van der Waals surface area contributed by atoms with Gasteiger partial charge in [-0.2, -0.15) is 4.98 Å². The van der Waals surface area contributed by atoms with Gasteiger partial charge in [0.25, 0.3) is 5.89 Å². The molecule has 1 atom stereocenters. The van der Waals surface area contributed by atoms with Crippen LogP contribution in [0.4, 0.5) is 0 Å². The zero-order chi connectivity index (χ0) is 20.3. The highest BCUT2D eigenvalue weighted by molar-refractivity contribution is 5.98. The minimum absolute atomic E-state index is 0.00756. The summed E-state index contributed by atoms with van der Waals surface area (Å²) in [6.45, 7) is 1.99. The van der Waals surface area contributed by atoms with Gasteiger partial charge in [0.1, 0.15) is 23.6 Å². The summed E-state index contributed by atoms with van der Waals surface area (Å²) < 4.78 is 16.6. The monoisotopic (exact) mass is 398 g/mol. The lowest BCUT2D eigenvalue weighted by molar-refractivity contribution is -0.178. The van der Waals surface area contributed by atoms with Crippen molar-refractivity contribution >= 4 is 11.8 Å². The molecule has 0 N–H and O–H groups in total. The lowest BCUT2D eigenvalue weighted by atomic mass is 9.76. The van der Waals surface area contributed by atoms with Crippen molar-refractivity contribution in [2.75, 3.05) is 0 Å². The number of hydrogen-bond acceptors (Lipinski definition) is 7. The average molecular weight is 398 g/mol. The molecule has 2 heterocycles. The summed E-state index contributed by atoms with van der Waals surface area (Å²) in [7, 11) is 0. The minimum Gasteiger partial charge on any atom is -0.484 e. The predicted octanol–water partition coefficient (Wildman–Crippen LogP) is 3.72. The number of benzene rings is 1. The maximum absolute atomic E-state index is 12.2. The Kier molecular flexibility index (Phi) is 5.65. The number of ether oxygens (including phenoxy) is 2. The molecule has 1 saturated heterocycles. The zero-order valence-electron chi connectivity index (χ0n) is 16.7. The van der Waals surface area contributed by atoms with E-state index in [-0.39, 0.29) is 30.7 Å². The summed E-state index contributed by atoms with van der Waals surface area (Å²) in [6.07, 6.45) is 6.05. The highest BCUT2D eigenvalue weighted by Crippen LogP contribution is 2.43. The number of rotatable bonds is 7. The van der Waals surface area contributed by atoms with Crippen molar-refractivity contribution in [3.8, 4) is 5.75 Å². The number of ketones is 1. The van der Waals surface area contributed by atoms with Gasteiger partial charge in [-0.15, -0.1) is 0 Å². The number of cyclic esters (lactones) is 1. The van der Waals surface area contributed by atoms with Crippen LogP contribution in [-0.4, -0.2) is 27.5 Å². The molecule has 2 fully saturated rings. The van der Waals surface area contributed by atoms with E-state index in [0.29, 0.717) is 24.6 Å². The molecule has 0 spiro atoms. The Hall–Kier alpha value is -2.70. The summed E-state index contributed by atoms with van der Waals surface area (Å²) in [5, 5.41) is 3.74. The average Bonchev–Trinajstić information content (AvgIpc) is 3.37. The van der Waals surface area contributed by atoms with Crippen molar-refractivity contribution in [3.63, 3.8) is 0 Å². The quantitative estimate of drug-likeness (QED) is 0.518. The second-order valence-corrected chi connectivity index (χ2v) is 8.08.